The first-order valence-electron chi connectivity index (χ1n) is 6.66. The molecule has 1 aliphatic heterocycles. The van der Waals surface area contributed by atoms with E-state index in [1.165, 1.54) is 32.6 Å². The fraction of sp³-hybridized carbons (Fsp3) is 0.143. The highest BCUT2D eigenvalue weighted by Gasteiger charge is 2.25. The molecule has 1 fully saturated rings. The van der Waals surface area contributed by atoms with Crippen LogP contribution < -0.4 is 10.1 Å². The van der Waals surface area contributed by atoms with E-state index in [1.54, 1.807) is 6.07 Å². The number of hydrogen-bond acceptors (Lipinski definition) is 9. The molecule has 0 bridgehead atoms. The van der Waals surface area contributed by atoms with Gasteiger partial charge < -0.3 is 9.47 Å². The van der Waals surface area contributed by atoms with Gasteiger partial charge in [-0.1, -0.05) is 0 Å². The average Bonchev–Trinajstić information content (AvgIpc) is 2.93. The second-order valence-corrected chi connectivity index (χ2v) is 5.49. The summed E-state index contributed by atoms with van der Waals surface area (Å²) in [4.78, 5) is 33.2. The van der Waals surface area contributed by atoms with E-state index in [2.05, 4.69) is 20.3 Å². The van der Waals surface area contributed by atoms with Crippen LogP contribution in [0.5, 0.6) is 5.75 Å². The SMILES string of the molecule is COC(=O)/C=C1/S/C(=N\N=Cc2cc(OC)cc([N+](=O)[O-])c2)NC1=O. The Kier molecular flexibility index (Phi) is 5.84. The molecule has 1 aliphatic rings. The van der Waals surface area contributed by atoms with Crippen LogP contribution in [-0.4, -0.2) is 42.4 Å². The minimum Gasteiger partial charge on any atom is -0.496 e. The summed E-state index contributed by atoms with van der Waals surface area (Å²) in [5.74, 6) is -0.859. The number of carbonyl (C=O) groups excluding carboxylic acids is 2. The number of carbonyl (C=O) groups is 2. The van der Waals surface area contributed by atoms with Gasteiger partial charge in [0.15, 0.2) is 5.17 Å². The first-order valence-corrected chi connectivity index (χ1v) is 7.48. The normalized spacial score (nSPS) is 17.1. The molecule has 1 aromatic carbocycles. The molecule has 0 aliphatic carbocycles. The van der Waals surface area contributed by atoms with Crippen molar-refractivity contribution in [2.75, 3.05) is 14.2 Å². The molecule has 10 nitrogen and oxygen atoms in total. The van der Waals surface area contributed by atoms with Crippen LogP contribution in [0.3, 0.4) is 0 Å². The van der Waals surface area contributed by atoms with Gasteiger partial charge in [0.1, 0.15) is 5.75 Å². The number of rotatable bonds is 5. The molecule has 0 unspecified atom stereocenters. The van der Waals surface area contributed by atoms with Crippen LogP contribution in [0, 0.1) is 10.1 Å². The lowest BCUT2D eigenvalue weighted by molar-refractivity contribution is -0.384. The Morgan fingerprint density at radius 1 is 1.36 bits per heavy atom. The molecule has 0 atom stereocenters. The molecule has 1 amide bonds. The minimum atomic E-state index is -0.661. The Morgan fingerprint density at radius 2 is 2.12 bits per heavy atom. The van der Waals surface area contributed by atoms with E-state index >= 15 is 0 Å². The van der Waals surface area contributed by atoms with E-state index in [0.717, 1.165) is 17.8 Å². The first-order chi connectivity index (χ1) is 11.9. The number of nitro benzene ring substituents is 1. The fourth-order valence-corrected chi connectivity index (χ4v) is 2.43. The maximum Gasteiger partial charge on any atom is 0.331 e. The molecule has 1 aromatic rings. The number of esters is 1. The zero-order valence-electron chi connectivity index (χ0n) is 13.1. The van der Waals surface area contributed by atoms with E-state index in [1.807, 2.05) is 0 Å². The topological polar surface area (TPSA) is 132 Å². The highest BCUT2D eigenvalue weighted by atomic mass is 32.2. The second-order valence-electron chi connectivity index (χ2n) is 4.46. The largest absolute Gasteiger partial charge is 0.496 e. The Balaban J connectivity index is 2.15. The van der Waals surface area contributed by atoms with Gasteiger partial charge in [0, 0.05) is 17.7 Å². The van der Waals surface area contributed by atoms with Crippen molar-refractivity contribution in [2.24, 2.45) is 10.2 Å². The Bertz CT molecular complexity index is 818. The molecule has 0 spiro atoms. The van der Waals surface area contributed by atoms with Crippen LogP contribution in [0.4, 0.5) is 5.69 Å². The number of ether oxygens (including phenoxy) is 2. The summed E-state index contributed by atoms with van der Waals surface area (Å²) in [5, 5.41) is 21.0. The molecule has 25 heavy (non-hydrogen) atoms. The number of methoxy groups -OCH3 is 2. The van der Waals surface area contributed by atoms with Gasteiger partial charge in [0.2, 0.25) is 0 Å². The number of amidine groups is 1. The van der Waals surface area contributed by atoms with E-state index in [9.17, 15) is 19.7 Å². The van der Waals surface area contributed by atoms with Crippen LogP contribution in [0.1, 0.15) is 5.56 Å². The van der Waals surface area contributed by atoms with Gasteiger partial charge in [-0.25, -0.2) is 4.79 Å². The predicted octanol–water partition coefficient (Wildman–Crippen LogP) is 1.21. The maximum atomic E-state index is 11.6. The van der Waals surface area contributed by atoms with Crippen LogP contribution >= 0.6 is 11.8 Å². The Morgan fingerprint density at radius 3 is 2.76 bits per heavy atom. The molecule has 0 aromatic heterocycles. The summed E-state index contributed by atoms with van der Waals surface area (Å²) < 4.78 is 9.43. The van der Waals surface area contributed by atoms with Gasteiger partial charge in [0.05, 0.1) is 36.3 Å². The molecule has 130 valence electrons. The van der Waals surface area contributed by atoms with Crippen LogP contribution in [0.25, 0.3) is 0 Å². The van der Waals surface area contributed by atoms with Gasteiger partial charge in [0.25, 0.3) is 11.6 Å². The van der Waals surface area contributed by atoms with E-state index < -0.39 is 16.8 Å². The fourth-order valence-electron chi connectivity index (χ4n) is 1.69. The molecule has 1 N–H and O–H groups in total. The number of hydrogen-bond donors (Lipinski definition) is 1. The summed E-state index contributed by atoms with van der Waals surface area (Å²) in [6.07, 6.45) is 2.31. The van der Waals surface area contributed by atoms with Gasteiger partial charge in [-0.05, 0) is 17.8 Å². The highest BCUT2D eigenvalue weighted by Crippen LogP contribution is 2.24. The smallest absolute Gasteiger partial charge is 0.331 e. The summed E-state index contributed by atoms with van der Waals surface area (Å²) in [5.41, 5.74) is 0.246. The van der Waals surface area contributed by atoms with Crippen molar-refractivity contribution in [1.29, 1.82) is 0 Å². The third-order valence-corrected chi connectivity index (χ3v) is 3.72. The van der Waals surface area contributed by atoms with Crippen LogP contribution in [0.2, 0.25) is 0 Å². The number of nitrogens with one attached hydrogen (secondary N) is 1. The van der Waals surface area contributed by atoms with E-state index in [-0.39, 0.29) is 15.8 Å². The monoisotopic (exact) mass is 364 g/mol. The molecule has 0 radical (unpaired) electrons. The van der Waals surface area contributed by atoms with Crippen molar-refractivity contribution in [3.05, 3.63) is 44.9 Å². The van der Waals surface area contributed by atoms with E-state index in [4.69, 9.17) is 4.74 Å². The molecule has 11 heteroatoms. The summed E-state index contributed by atoms with van der Waals surface area (Å²) >= 11 is 0.916. The minimum absolute atomic E-state index is 0.123. The van der Waals surface area contributed by atoms with Crippen molar-refractivity contribution in [3.8, 4) is 5.75 Å². The first kappa shape index (κ1) is 18.1. The lowest BCUT2D eigenvalue weighted by Gasteiger charge is -2.00. The Hall–Kier alpha value is -3.21. The highest BCUT2D eigenvalue weighted by molar-refractivity contribution is 8.18. The number of nitrogens with zero attached hydrogens (tertiary/aromatic N) is 3. The Labute approximate surface area is 145 Å². The molecular formula is C14H12N4O6S. The summed E-state index contributed by atoms with van der Waals surface area (Å²) in [7, 11) is 2.59. The number of benzene rings is 1. The number of thioether (sulfide) groups is 1. The maximum absolute atomic E-state index is 11.6. The zero-order valence-corrected chi connectivity index (χ0v) is 13.9. The van der Waals surface area contributed by atoms with E-state index in [0.29, 0.717) is 11.3 Å². The van der Waals surface area contributed by atoms with Crippen LogP contribution in [-0.2, 0) is 14.3 Å². The van der Waals surface area contributed by atoms with Crippen LogP contribution in [0.15, 0.2) is 39.4 Å². The average molecular weight is 364 g/mol. The van der Waals surface area contributed by atoms with Gasteiger partial charge in [-0.3, -0.25) is 20.2 Å². The third-order valence-electron chi connectivity index (χ3n) is 2.82. The lowest BCUT2D eigenvalue weighted by atomic mass is 10.2. The van der Waals surface area contributed by atoms with Crippen molar-refractivity contribution < 1.29 is 24.0 Å². The third kappa shape index (κ3) is 4.88. The van der Waals surface area contributed by atoms with Crippen molar-refractivity contribution in [3.63, 3.8) is 0 Å². The summed E-state index contributed by atoms with van der Waals surface area (Å²) in [6, 6.07) is 4.12. The second kappa shape index (κ2) is 8.06. The predicted molar refractivity (Wildman–Crippen MR) is 90.5 cm³/mol. The van der Waals surface area contributed by atoms with Crippen molar-refractivity contribution in [2.45, 2.75) is 0 Å². The molecule has 1 saturated heterocycles. The van der Waals surface area contributed by atoms with Gasteiger partial charge in [-0.2, -0.15) is 5.10 Å². The molecule has 1 heterocycles. The zero-order chi connectivity index (χ0) is 18.4. The quantitative estimate of drug-likeness (QED) is 0.273. The van der Waals surface area contributed by atoms with Gasteiger partial charge >= 0.3 is 5.97 Å². The standard InChI is InChI=1S/C14H12N4O6S/c1-23-10-4-8(3-9(5-10)18(21)22)7-15-17-14-16-13(20)11(25-14)6-12(19)24-2/h3-7H,1-2H3,(H,16,17,20)/b11-6+,15-7?. The molecule has 0 saturated carbocycles. The number of non-ortho nitro benzene ring substituents is 1. The number of amides is 1. The van der Waals surface area contributed by atoms with Crippen molar-refractivity contribution in [1.82, 2.24) is 5.32 Å². The molecule has 2 rings (SSSR count). The van der Waals surface area contributed by atoms with Gasteiger partial charge in [-0.15, -0.1) is 5.10 Å². The van der Waals surface area contributed by atoms with Crippen molar-refractivity contribution >= 4 is 40.7 Å². The number of nitro groups is 1. The lowest BCUT2D eigenvalue weighted by Crippen LogP contribution is -2.19. The summed E-state index contributed by atoms with van der Waals surface area (Å²) in [6.45, 7) is 0. The molecular weight excluding hydrogens is 352 g/mol.